The molecule has 0 saturated heterocycles. The van der Waals surface area contributed by atoms with Gasteiger partial charge in [0.05, 0.1) is 0 Å². The van der Waals surface area contributed by atoms with E-state index in [1.807, 2.05) is 0 Å². The van der Waals surface area contributed by atoms with Crippen molar-refractivity contribution in [1.29, 1.82) is 0 Å². The van der Waals surface area contributed by atoms with Gasteiger partial charge in [0.1, 0.15) is 0 Å². The molecule has 16 heavy (non-hydrogen) atoms. The summed E-state index contributed by atoms with van der Waals surface area (Å²) in [6.45, 7) is 1.89. The first kappa shape index (κ1) is 10.2. The summed E-state index contributed by atoms with van der Waals surface area (Å²) in [5, 5.41) is 0. The lowest BCUT2D eigenvalue weighted by molar-refractivity contribution is 0.625. The first-order valence-electron chi connectivity index (χ1n) is 6.47. The van der Waals surface area contributed by atoms with E-state index in [1.165, 1.54) is 55.5 Å². The lowest BCUT2D eigenvalue weighted by Crippen LogP contribution is -2.31. The van der Waals surface area contributed by atoms with E-state index in [2.05, 4.69) is 23.1 Å². The van der Waals surface area contributed by atoms with Crippen LogP contribution in [0.15, 0.2) is 18.2 Å². The number of benzene rings is 1. The fraction of sp³-hybridized carbons (Fsp3) is 0.571. The smallest absolute Gasteiger partial charge is 0.0405 e. The zero-order valence-corrected chi connectivity index (χ0v) is 9.78. The topological polar surface area (TPSA) is 29.3 Å². The predicted molar refractivity (Wildman–Crippen MR) is 67.6 cm³/mol. The second-order valence-electron chi connectivity index (χ2n) is 5.00. The van der Waals surface area contributed by atoms with Gasteiger partial charge in [-0.15, -0.1) is 0 Å². The molecule has 0 unspecified atom stereocenters. The summed E-state index contributed by atoms with van der Waals surface area (Å²) >= 11 is 0. The SMILES string of the molecule is NCc1cccc2c1CCN2C1CCCC1. The Morgan fingerprint density at radius 3 is 2.81 bits per heavy atom. The molecule has 1 saturated carbocycles. The summed E-state index contributed by atoms with van der Waals surface area (Å²) in [6, 6.07) is 7.42. The van der Waals surface area contributed by atoms with Crippen molar-refractivity contribution in [3.8, 4) is 0 Å². The monoisotopic (exact) mass is 216 g/mol. The highest BCUT2D eigenvalue weighted by atomic mass is 15.2. The van der Waals surface area contributed by atoms with Crippen LogP contribution in [-0.4, -0.2) is 12.6 Å². The lowest BCUT2D eigenvalue weighted by Gasteiger charge is -2.27. The van der Waals surface area contributed by atoms with E-state index in [-0.39, 0.29) is 0 Å². The number of hydrogen-bond acceptors (Lipinski definition) is 2. The molecule has 3 rings (SSSR count). The van der Waals surface area contributed by atoms with Gasteiger partial charge in [-0.2, -0.15) is 0 Å². The third-order valence-corrected chi connectivity index (χ3v) is 4.15. The maximum atomic E-state index is 5.80. The summed E-state index contributed by atoms with van der Waals surface area (Å²) < 4.78 is 0. The van der Waals surface area contributed by atoms with Gasteiger partial charge in [0.2, 0.25) is 0 Å². The first-order valence-corrected chi connectivity index (χ1v) is 6.47. The summed E-state index contributed by atoms with van der Waals surface area (Å²) in [4.78, 5) is 2.63. The van der Waals surface area contributed by atoms with E-state index in [0.717, 1.165) is 6.04 Å². The zero-order chi connectivity index (χ0) is 11.0. The Balaban J connectivity index is 1.93. The van der Waals surface area contributed by atoms with Crippen molar-refractivity contribution in [3.63, 3.8) is 0 Å². The highest BCUT2D eigenvalue weighted by molar-refractivity contribution is 5.61. The molecule has 0 radical (unpaired) electrons. The van der Waals surface area contributed by atoms with E-state index < -0.39 is 0 Å². The zero-order valence-electron chi connectivity index (χ0n) is 9.78. The molecule has 1 aliphatic carbocycles. The van der Waals surface area contributed by atoms with Crippen LogP contribution in [0.4, 0.5) is 5.69 Å². The minimum Gasteiger partial charge on any atom is -0.368 e. The molecular weight excluding hydrogens is 196 g/mol. The van der Waals surface area contributed by atoms with Gasteiger partial charge in [-0.1, -0.05) is 25.0 Å². The van der Waals surface area contributed by atoms with Gasteiger partial charge in [0, 0.05) is 24.8 Å². The van der Waals surface area contributed by atoms with Gasteiger partial charge in [-0.25, -0.2) is 0 Å². The number of nitrogens with two attached hydrogens (primary N) is 1. The largest absolute Gasteiger partial charge is 0.368 e. The molecule has 1 heterocycles. The maximum absolute atomic E-state index is 5.80. The van der Waals surface area contributed by atoms with Gasteiger partial charge >= 0.3 is 0 Å². The Labute approximate surface area is 97.4 Å². The highest BCUT2D eigenvalue weighted by Crippen LogP contribution is 2.36. The molecule has 0 spiro atoms. The Bertz CT molecular complexity index is 380. The lowest BCUT2D eigenvalue weighted by atomic mass is 10.1. The third kappa shape index (κ3) is 1.52. The fourth-order valence-corrected chi connectivity index (χ4v) is 3.32. The molecule has 0 amide bonds. The standard InChI is InChI=1S/C14H20N2/c15-10-11-4-3-7-14-13(11)8-9-16(14)12-5-1-2-6-12/h3-4,7,12H,1-2,5-6,8-10,15H2. The molecule has 2 heteroatoms. The van der Waals surface area contributed by atoms with Crippen LogP contribution in [0.2, 0.25) is 0 Å². The van der Waals surface area contributed by atoms with Crippen LogP contribution in [0.1, 0.15) is 36.8 Å². The highest BCUT2D eigenvalue weighted by Gasteiger charge is 2.28. The second kappa shape index (κ2) is 4.10. The van der Waals surface area contributed by atoms with E-state index in [9.17, 15) is 0 Å². The minimum atomic E-state index is 0.682. The molecule has 0 atom stereocenters. The van der Waals surface area contributed by atoms with Crippen LogP contribution in [0.25, 0.3) is 0 Å². The van der Waals surface area contributed by atoms with Gasteiger partial charge < -0.3 is 10.6 Å². The molecule has 0 aromatic heterocycles. The van der Waals surface area contributed by atoms with Crippen LogP contribution in [0, 0.1) is 0 Å². The first-order chi connectivity index (χ1) is 7.90. The Morgan fingerprint density at radius 1 is 1.25 bits per heavy atom. The van der Waals surface area contributed by atoms with Crippen LogP contribution >= 0.6 is 0 Å². The summed E-state index contributed by atoms with van der Waals surface area (Å²) in [5.74, 6) is 0. The van der Waals surface area contributed by atoms with Gasteiger partial charge in [0.25, 0.3) is 0 Å². The second-order valence-corrected chi connectivity index (χ2v) is 5.00. The van der Waals surface area contributed by atoms with Crippen molar-refractivity contribution in [2.75, 3.05) is 11.4 Å². The molecule has 2 N–H and O–H groups in total. The number of hydrogen-bond donors (Lipinski definition) is 1. The Morgan fingerprint density at radius 2 is 2.06 bits per heavy atom. The van der Waals surface area contributed by atoms with Crippen molar-refractivity contribution >= 4 is 5.69 Å². The number of anilines is 1. The summed E-state index contributed by atoms with van der Waals surface area (Å²) in [5.41, 5.74) is 10.1. The third-order valence-electron chi connectivity index (χ3n) is 4.15. The average molecular weight is 216 g/mol. The number of rotatable bonds is 2. The van der Waals surface area contributed by atoms with Gasteiger partial charge in [0.15, 0.2) is 0 Å². The maximum Gasteiger partial charge on any atom is 0.0405 e. The molecule has 86 valence electrons. The number of fused-ring (bicyclic) bond motifs is 1. The van der Waals surface area contributed by atoms with Crippen molar-refractivity contribution < 1.29 is 0 Å². The van der Waals surface area contributed by atoms with E-state index in [0.29, 0.717) is 6.54 Å². The normalized spacial score (nSPS) is 20.4. The van der Waals surface area contributed by atoms with Crippen LogP contribution in [0.5, 0.6) is 0 Å². The van der Waals surface area contributed by atoms with Crippen LogP contribution in [0.3, 0.4) is 0 Å². The molecule has 2 nitrogen and oxygen atoms in total. The molecule has 1 aliphatic heterocycles. The van der Waals surface area contributed by atoms with Crippen molar-refractivity contribution in [2.24, 2.45) is 5.73 Å². The van der Waals surface area contributed by atoms with E-state index in [4.69, 9.17) is 5.73 Å². The van der Waals surface area contributed by atoms with Gasteiger partial charge in [-0.3, -0.25) is 0 Å². The molecular formula is C14H20N2. The Kier molecular flexibility index (Phi) is 2.60. The van der Waals surface area contributed by atoms with Crippen LogP contribution in [-0.2, 0) is 13.0 Å². The van der Waals surface area contributed by atoms with E-state index in [1.54, 1.807) is 0 Å². The van der Waals surface area contributed by atoms with Crippen molar-refractivity contribution in [1.82, 2.24) is 0 Å². The molecule has 2 aliphatic rings. The summed E-state index contributed by atoms with van der Waals surface area (Å²) in [6.07, 6.45) is 6.78. The van der Waals surface area contributed by atoms with Crippen molar-refractivity contribution in [2.45, 2.75) is 44.7 Å². The van der Waals surface area contributed by atoms with Gasteiger partial charge in [-0.05, 0) is 36.5 Å². The summed E-state index contributed by atoms with van der Waals surface area (Å²) in [7, 11) is 0. The Hall–Kier alpha value is -1.02. The quantitative estimate of drug-likeness (QED) is 0.822. The molecule has 1 aromatic rings. The van der Waals surface area contributed by atoms with Crippen molar-refractivity contribution in [3.05, 3.63) is 29.3 Å². The number of nitrogens with zero attached hydrogens (tertiary/aromatic N) is 1. The van der Waals surface area contributed by atoms with E-state index >= 15 is 0 Å². The molecule has 1 aromatic carbocycles. The van der Waals surface area contributed by atoms with Crippen LogP contribution < -0.4 is 10.6 Å². The fourth-order valence-electron chi connectivity index (χ4n) is 3.32. The molecule has 0 bridgehead atoms. The minimum absolute atomic E-state index is 0.682. The average Bonchev–Trinajstić information content (AvgIpc) is 2.96. The predicted octanol–water partition coefficient (Wildman–Crippen LogP) is 2.45. The molecule has 1 fully saturated rings.